The third-order valence-corrected chi connectivity index (χ3v) is 6.87. The van der Waals surface area contributed by atoms with Crippen molar-refractivity contribution in [3.63, 3.8) is 0 Å². The van der Waals surface area contributed by atoms with E-state index < -0.39 is 0 Å². The van der Waals surface area contributed by atoms with Crippen LogP contribution in [0, 0.1) is 23.2 Å². The Morgan fingerprint density at radius 3 is 2.19 bits per heavy atom. The van der Waals surface area contributed by atoms with Gasteiger partial charge in [0, 0.05) is 11.8 Å². The lowest BCUT2D eigenvalue weighted by Gasteiger charge is -2.56. The van der Waals surface area contributed by atoms with Crippen molar-refractivity contribution in [2.45, 2.75) is 44.9 Å². The van der Waals surface area contributed by atoms with E-state index in [0.717, 1.165) is 42.6 Å². The minimum atomic E-state index is -0.0413. The Balaban J connectivity index is 1.59. The van der Waals surface area contributed by atoms with Crippen LogP contribution < -0.4 is 0 Å². The van der Waals surface area contributed by atoms with Crippen molar-refractivity contribution in [3.05, 3.63) is 33.8 Å². The molecule has 1 aromatic rings. The van der Waals surface area contributed by atoms with E-state index >= 15 is 0 Å². The van der Waals surface area contributed by atoms with Gasteiger partial charge in [-0.15, -0.1) is 0 Å². The van der Waals surface area contributed by atoms with Crippen molar-refractivity contribution in [1.82, 2.24) is 0 Å². The topological polar surface area (TPSA) is 17.1 Å². The van der Waals surface area contributed by atoms with E-state index in [0.29, 0.717) is 22.2 Å². The molecule has 1 aromatic carbocycles. The highest BCUT2D eigenvalue weighted by Crippen LogP contribution is 2.60. The second-order valence-electron chi connectivity index (χ2n) is 7.51. The average molecular weight is 323 g/mol. The molecule has 0 unspecified atom stereocenters. The Kier molecular flexibility index (Phi) is 3.35. The summed E-state index contributed by atoms with van der Waals surface area (Å²) < 4.78 is 0. The van der Waals surface area contributed by atoms with Crippen LogP contribution in [0.1, 0.15) is 44.1 Å². The van der Waals surface area contributed by atoms with Crippen molar-refractivity contribution in [3.8, 4) is 0 Å². The Labute approximate surface area is 136 Å². The second kappa shape index (κ2) is 4.99. The maximum Gasteiger partial charge on any atom is 0.143 e. The van der Waals surface area contributed by atoms with Gasteiger partial charge in [0.05, 0.1) is 10.0 Å². The van der Waals surface area contributed by atoms with E-state index in [4.69, 9.17) is 23.2 Å². The predicted octanol–water partition coefficient (Wildman–Crippen LogP) is 5.32. The predicted molar refractivity (Wildman–Crippen MR) is 85.8 cm³/mol. The molecule has 3 heteroatoms. The maximum absolute atomic E-state index is 13.0. The van der Waals surface area contributed by atoms with Gasteiger partial charge in [0.1, 0.15) is 5.78 Å². The van der Waals surface area contributed by atoms with Crippen molar-refractivity contribution in [2.75, 3.05) is 0 Å². The fourth-order valence-electron chi connectivity index (χ4n) is 5.50. The van der Waals surface area contributed by atoms with Gasteiger partial charge < -0.3 is 0 Å². The van der Waals surface area contributed by atoms with Crippen LogP contribution in [-0.2, 0) is 11.2 Å². The fraction of sp³-hybridized carbons (Fsp3) is 0.611. The number of Topliss-reactive ketones (excluding diaryl/α,β-unsaturated/α-hetero) is 1. The van der Waals surface area contributed by atoms with Crippen molar-refractivity contribution >= 4 is 29.0 Å². The summed E-state index contributed by atoms with van der Waals surface area (Å²) in [6, 6.07) is 5.60. The van der Waals surface area contributed by atoms with E-state index in [9.17, 15) is 4.79 Å². The molecule has 4 fully saturated rings. The van der Waals surface area contributed by atoms with Gasteiger partial charge in [-0.25, -0.2) is 0 Å². The molecule has 0 atom stereocenters. The number of benzene rings is 1. The van der Waals surface area contributed by atoms with Crippen LogP contribution in [0.4, 0.5) is 0 Å². The lowest BCUT2D eigenvalue weighted by molar-refractivity contribution is -0.143. The fourth-order valence-corrected chi connectivity index (χ4v) is 5.88. The molecule has 5 rings (SSSR count). The number of hydrogen-bond donors (Lipinski definition) is 0. The number of carbonyl (C=O) groups excluding carboxylic acids is 1. The Morgan fingerprint density at radius 2 is 1.62 bits per heavy atom. The Morgan fingerprint density at radius 1 is 1.05 bits per heavy atom. The average Bonchev–Trinajstić information content (AvgIpc) is 2.42. The lowest BCUT2D eigenvalue weighted by atomic mass is 9.48. The van der Waals surface area contributed by atoms with Crippen LogP contribution >= 0.6 is 23.2 Å². The molecule has 0 aromatic heterocycles. The third-order valence-electron chi connectivity index (χ3n) is 6.01. The van der Waals surface area contributed by atoms with Crippen LogP contribution in [0.3, 0.4) is 0 Å². The highest BCUT2D eigenvalue weighted by Gasteiger charge is 2.54. The summed E-state index contributed by atoms with van der Waals surface area (Å²) in [6.07, 6.45) is 7.91. The van der Waals surface area contributed by atoms with Gasteiger partial charge in [0.25, 0.3) is 0 Å². The molecule has 0 spiro atoms. The van der Waals surface area contributed by atoms with Crippen molar-refractivity contribution in [1.29, 1.82) is 0 Å². The number of halogens is 2. The largest absolute Gasteiger partial charge is 0.299 e. The highest BCUT2D eigenvalue weighted by atomic mass is 35.5. The molecule has 4 aliphatic carbocycles. The van der Waals surface area contributed by atoms with E-state index in [1.54, 1.807) is 6.07 Å². The molecule has 4 saturated carbocycles. The van der Waals surface area contributed by atoms with Gasteiger partial charge >= 0.3 is 0 Å². The van der Waals surface area contributed by atoms with Gasteiger partial charge in [0.15, 0.2) is 0 Å². The molecule has 0 aliphatic heterocycles. The number of rotatable bonds is 3. The van der Waals surface area contributed by atoms with Gasteiger partial charge in [-0.3, -0.25) is 4.79 Å². The van der Waals surface area contributed by atoms with Crippen molar-refractivity contribution in [2.24, 2.45) is 23.2 Å². The second-order valence-corrected chi connectivity index (χ2v) is 8.30. The highest BCUT2D eigenvalue weighted by molar-refractivity contribution is 6.42. The van der Waals surface area contributed by atoms with Crippen molar-refractivity contribution < 1.29 is 4.79 Å². The number of ketones is 1. The molecule has 112 valence electrons. The van der Waals surface area contributed by atoms with Crippen LogP contribution in [-0.4, -0.2) is 5.78 Å². The monoisotopic (exact) mass is 322 g/mol. The molecule has 21 heavy (non-hydrogen) atoms. The van der Waals surface area contributed by atoms with Crippen LogP contribution in [0.5, 0.6) is 0 Å². The first kappa shape index (κ1) is 14.1. The van der Waals surface area contributed by atoms with Crippen LogP contribution in [0.25, 0.3) is 0 Å². The molecule has 0 amide bonds. The molecule has 0 heterocycles. The first-order valence-corrected chi connectivity index (χ1v) is 8.77. The zero-order chi connectivity index (χ0) is 14.6. The minimum Gasteiger partial charge on any atom is -0.299 e. The molecule has 0 radical (unpaired) electrons. The molecule has 0 N–H and O–H groups in total. The Bertz CT molecular complexity index is 558. The van der Waals surface area contributed by atoms with Crippen LogP contribution in [0.15, 0.2) is 18.2 Å². The van der Waals surface area contributed by atoms with Gasteiger partial charge in [-0.2, -0.15) is 0 Å². The molecular weight excluding hydrogens is 303 g/mol. The summed E-state index contributed by atoms with van der Waals surface area (Å²) in [5.74, 6) is 2.81. The standard InChI is InChI=1S/C18H20Cl2O/c19-15-3-1-2-14(17(15)20)7-16(21)18-8-11-4-12(9-18)6-13(5-11)10-18/h1-3,11-13H,4-10H2. The van der Waals surface area contributed by atoms with E-state index in [2.05, 4.69) is 0 Å². The SMILES string of the molecule is O=C(Cc1cccc(Cl)c1Cl)C12CC3CC(CC(C3)C1)C2. The van der Waals surface area contributed by atoms with Gasteiger partial charge in [0.2, 0.25) is 0 Å². The van der Waals surface area contributed by atoms with Crippen LogP contribution in [0.2, 0.25) is 10.0 Å². The molecule has 4 aliphatic rings. The number of hydrogen-bond acceptors (Lipinski definition) is 1. The summed E-state index contributed by atoms with van der Waals surface area (Å²) in [7, 11) is 0. The minimum absolute atomic E-state index is 0.0413. The van der Waals surface area contributed by atoms with E-state index in [1.807, 2.05) is 12.1 Å². The van der Waals surface area contributed by atoms with Gasteiger partial charge in [-0.1, -0.05) is 35.3 Å². The normalized spacial score (nSPS) is 37.0. The van der Waals surface area contributed by atoms with E-state index in [1.165, 1.54) is 19.3 Å². The third kappa shape index (κ3) is 2.33. The summed E-state index contributed by atoms with van der Waals surface area (Å²) in [4.78, 5) is 13.0. The first-order valence-electron chi connectivity index (χ1n) is 8.02. The maximum atomic E-state index is 13.0. The zero-order valence-electron chi connectivity index (χ0n) is 12.1. The summed E-state index contributed by atoms with van der Waals surface area (Å²) >= 11 is 12.3. The van der Waals surface area contributed by atoms with E-state index in [-0.39, 0.29) is 5.41 Å². The molecule has 4 bridgehead atoms. The summed E-state index contributed by atoms with van der Waals surface area (Å²) in [6.45, 7) is 0. The lowest BCUT2D eigenvalue weighted by Crippen LogP contribution is -2.50. The molecule has 0 saturated heterocycles. The smallest absolute Gasteiger partial charge is 0.143 e. The quantitative estimate of drug-likeness (QED) is 0.735. The van der Waals surface area contributed by atoms with Gasteiger partial charge in [-0.05, 0) is 67.9 Å². The Hall–Kier alpha value is -0.530. The zero-order valence-corrected chi connectivity index (χ0v) is 13.6. The molecule has 1 nitrogen and oxygen atoms in total. The number of carbonyl (C=O) groups is 1. The summed E-state index contributed by atoms with van der Waals surface area (Å²) in [5, 5.41) is 1.10. The molecular formula is C18H20Cl2O. The summed E-state index contributed by atoms with van der Waals surface area (Å²) in [5.41, 5.74) is 0.852. The first-order chi connectivity index (χ1) is 10.1.